The molecule has 4 nitrogen and oxygen atoms in total. The average Bonchev–Trinajstić information content (AvgIpc) is 2.37. The van der Waals surface area contributed by atoms with Crippen molar-refractivity contribution in [3.05, 3.63) is 28.8 Å². The number of rotatable bonds is 7. The number of ether oxygens (including phenoxy) is 2. The third kappa shape index (κ3) is 3.85. The predicted molar refractivity (Wildman–Crippen MR) is 74.3 cm³/mol. The Morgan fingerprint density at radius 2 is 2.11 bits per heavy atom. The van der Waals surface area contributed by atoms with Gasteiger partial charge in [0.1, 0.15) is 5.75 Å². The van der Waals surface area contributed by atoms with Crippen LogP contribution in [0.15, 0.2) is 18.2 Å². The van der Waals surface area contributed by atoms with E-state index in [1.165, 1.54) is 0 Å². The number of benzene rings is 1. The first-order valence-corrected chi connectivity index (χ1v) is 6.24. The summed E-state index contributed by atoms with van der Waals surface area (Å²) in [6, 6.07) is 5.89. The summed E-state index contributed by atoms with van der Waals surface area (Å²) >= 11 is 6.13. The predicted octanol–water partition coefficient (Wildman–Crippen LogP) is 1.93. The number of hydrogen-bond acceptors (Lipinski definition) is 4. The van der Waals surface area contributed by atoms with Gasteiger partial charge >= 0.3 is 0 Å². The molecule has 0 spiro atoms. The molecule has 0 bridgehead atoms. The normalized spacial score (nSPS) is 12.8. The first kappa shape index (κ1) is 15.2. The van der Waals surface area contributed by atoms with Gasteiger partial charge in [-0.3, -0.25) is 4.90 Å². The van der Waals surface area contributed by atoms with Gasteiger partial charge < -0.3 is 15.2 Å². The van der Waals surface area contributed by atoms with Gasteiger partial charge in [-0.1, -0.05) is 17.7 Å². The minimum absolute atomic E-state index is 0.128. The van der Waals surface area contributed by atoms with Crippen LogP contribution in [-0.4, -0.2) is 45.9 Å². The SMILES string of the molecule is COCCN(C)C(CN)c1ccc(OC)c(Cl)c1. The molecule has 0 aliphatic rings. The molecule has 102 valence electrons. The van der Waals surface area contributed by atoms with Crippen LogP contribution in [0.1, 0.15) is 11.6 Å². The van der Waals surface area contributed by atoms with Crippen molar-refractivity contribution in [1.82, 2.24) is 4.90 Å². The molecule has 1 unspecified atom stereocenters. The Hall–Kier alpha value is -0.810. The quantitative estimate of drug-likeness (QED) is 0.824. The van der Waals surface area contributed by atoms with Crippen LogP contribution in [0.25, 0.3) is 0 Å². The van der Waals surface area contributed by atoms with Gasteiger partial charge in [-0.25, -0.2) is 0 Å². The zero-order valence-electron chi connectivity index (χ0n) is 11.1. The second-order valence-corrected chi connectivity index (χ2v) is 4.53. The lowest BCUT2D eigenvalue weighted by Crippen LogP contribution is -2.32. The molecule has 0 radical (unpaired) electrons. The molecule has 0 saturated carbocycles. The van der Waals surface area contributed by atoms with Crippen LogP contribution >= 0.6 is 11.6 Å². The van der Waals surface area contributed by atoms with Gasteiger partial charge in [-0.05, 0) is 24.7 Å². The Kier molecular flexibility index (Phi) is 6.43. The zero-order valence-corrected chi connectivity index (χ0v) is 11.9. The van der Waals surface area contributed by atoms with E-state index in [9.17, 15) is 0 Å². The van der Waals surface area contributed by atoms with E-state index in [-0.39, 0.29) is 6.04 Å². The van der Waals surface area contributed by atoms with Gasteiger partial charge in [-0.2, -0.15) is 0 Å². The van der Waals surface area contributed by atoms with E-state index in [1.54, 1.807) is 14.2 Å². The molecule has 0 fully saturated rings. The zero-order chi connectivity index (χ0) is 13.5. The monoisotopic (exact) mass is 272 g/mol. The Bertz CT molecular complexity index is 374. The number of methoxy groups -OCH3 is 2. The largest absolute Gasteiger partial charge is 0.495 e. The maximum atomic E-state index is 6.13. The smallest absolute Gasteiger partial charge is 0.137 e. The minimum Gasteiger partial charge on any atom is -0.495 e. The number of nitrogens with zero attached hydrogens (tertiary/aromatic N) is 1. The number of likely N-dealkylation sites (N-methyl/N-ethyl adjacent to an activating group) is 1. The highest BCUT2D eigenvalue weighted by atomic mass is 35.5. The summed E-state index contributed by atoms with van der Waals surface area (Å²) in [7, 11) is 5.32. The van der Waals surface area contributed by atoms with Crippen LogP contribution in [0.4, 0.5) is 0 Å². The van der Waals surface area contributed by atoms with Gasteiger partial charge in [0.05, 0.1) is 18.7 Å². The second-order valence-electron chi connectivity index (χ2n) is 4.12. The van der Waals surface area contributed by atoms with Crippen molar-refractivity contribution in [2.24, 2.45) is 5.73 Å². The molecular weight excluding hydrogens is 252 g/mol. The molecule has 1 aromatic carbocycles. The molecule has 0 amide bonds. The lowest BCUT2D eigenvalue weighted by atomic mass is 10.1. The molecule has 0 aliphatic heterocycles. The Labute approximate surface area is 114 Å². The van der Waals surface area contributed by atoms with Gasteiger partial charge in [0.15, 0.2) is 0 Å². The van der Waals surface area contributed by atoms with Gasteiger partial charge in [-0.15, -0.1) is 0 Å². The lowest BCUT2D eigenvalue weighted by molar-refractivity contribution is 0.140. The van der Waals surface area contributed by atoms with Crippen LogP contribution in [0.3, 0.4) is 0 Å². The summed E-state index contributed by atoms with van der Waals surface area (Å²) in [5.74, 6) is 0.677. The van der Waals surface area contributed by atoms with Crippen LogP contribution in [-0.2, 0) is 4.74 Å². The summed E-state index contributed by atoms with van der Waals surface area (Å²) in [5.41, 5.74) is 6.93. The van der Waals surface area contributed by atoms with E-state index < -0.39 is 0 Å². The maximum absolute atomic E-state index is 6.13. The van der Waals surface area contributed by atoms with Crippen LogP contribution in [0.5, 0.6) is 5.75 Å². The van der Waals surface area contributed by atoms with Crippen molar-refractivity contribution >= 4 is 11.6 Å². The summed E-state index contributed by atoms with van der Waals surface area (Å²) in [6.07, 6.45) is 0. The standard InChI is InChI=1S/C13H21ClN2O2/c1-16(6-7-17-2)12(9-15)10-4-5-13(18-3)11(14)8-10/h4-5,8,12H,6-7,9,15H2,1-3H3. The summed E-state index contributed by atoms with van der Waals surface area (Å²) in [4.78, 5) is 2.15. The topological polar surface area (TPSA) is 47.7 Å². The molecule has 1 rings (SSSR count). The van der Waals surface area contributed by atoms with Crippen LogP contribution in [0, 0.1) is 0 Å². The number of halogens is 1. The Morgan fingerprint density at radius 1 is 1.39 bits per heavy atom. The highest BCUT2D eigenvalue weighted by molar-refractivity contribution is 6.32. The van der Waals surface area contributed by atoms with Crippen molar-refractivity contribution in [3.8, 4) is 5.75 Å². The third-order valence-corrected chi connectivity index (χ3v) is 3.26. The summed E-state index contributed by atoms with van der Waals surface area (Å²) < 4.78 is 10.2. The van der Waals surface area contributed by atoms with Gasteiger partial charge in [0.2, 0.25) is 0 Å². The van der Waals surface area contributed by atoms with E-state index >= 15 is 0 Å². The van der Waals surface area contributed by atoms with Gasteiger partial charge in [0.25, 0.3) is 0 Å². The molecule has 0 aromatic heterocycles. The molecule has 2 N–H and O–H groups in total. The van der Waals surface area contributed by atoms with Crippen molar-refractivity contribution < 1.29 is 9.47 Å². The van der Waals surface area contributed by atoms with Crippen molar-refractivity contribution in [2.45, 2.75) is 6.04 Å². The number of nitrogens with two attached hydrogens (primary N) is 1. The second kappa shape index (κ2) is 7.59. The van der Waals surface area contributed by atoms with E-state index in [4.69, 9.17) is 26.8 Å². The van der Waals surface area contributed by atoms with Gasteiger partial charge in [0, 0.05) is 26.2 Å². The molecule has 1 atom stereocenters. The Balaban J connectivity index is 2.84. The van der Waals surface area contributed by atoms with Crippen molar-refractivity contribution in [3.63, 3.8) is 0 Å². The molecule has 0 heterocycles. The van der Waals surface area contributed by atoms with Crippen molar-refractivity contribution in [1.29, 1.82) is 0 Å². The molecule has 1 aromatic rings. The first-order chi connectivity index (χ1) is 8.63. The van der Waals surface area contributed by atoms with E-state index in [2.05, 4.69) is 4.90 Å². The summed E-state index contributed by atoms with van der Waals surface area (Å²) in [6.45, 7) is 2.03. The Morgan fingerprint density at radius 3 is 2.61 bits per heavy atom. The maximum Gasteiger partial charge on any atom is 0.137 e. The molecule has 5 heteroatoms. The third-order valence-electron chi connectivity index (χ3n) is 2.96. The highest BCUT2D eigenvalue weighted by Crippen LogP contribution is 2.29. The lowest BCUT2D eigenvalue weighted by Gasteiger charge is -2.27. The molecule has 18 heavy (non-hydrogen) atoms. The summed E-state index contributed by atoms with van der Waals surface area (Å²) in [5, 5.41) is 0.605. The molecule has 0 aliphatic carbocycles. The fourth-order valence-corrected chi connectivity index (χ4v) is 2.12. The van der Waals surface area contributed by atoms with Crippen LogP contribution in [0.2, 0.25) is 5.02 Å². The fraction of sp³-hybridized carbons (Fsp3) is 0.538. The fourth-order valence-electron chi connectivity index (χ4n) is 1.85. The molecule has 0 saturated heterocycles. The average molecular weight is 273 g/mol. The minimum atomic E-state index is 0.128. The highest BCUT2D eigenvalue weighted by Gasteiger charge is 2.16. The molecular formula is C13H21ClN2O2. The van der Waals surface area contributed by atoms with E-state index in [0.29, 0.717) is 23.9 Å². The first-order valence-electron chi connectivity index (χ1n) is 5.86. The van der Waals surface area contributed by atoms with Crippen molar-refractivity contribution in [2.75, 3.05) is 41.0 Å². The van der Waals surface area contributed by atoms with E-state index in [1.807, 2.05) is 25.2 Å². The number of hydrogen-bond donors (Lipinski definition) is 1. The van der Waals surface area contributed by atoms with Crippen LogP contribution < -0.4 is 10.5 Å². The van der Waals surface area contributed by atoms with E-state index in [0.717, 1.165) is 12.1 Å².